The molecule has 146 valence electrons. The molecule has 0 saturated heterocycles. The lowest BCUT2D eigenvalue weighted by Gasteiger charge is -2.11. The number of amides is 1. The van der Waals surface area contributed by atoms with Crippen molar-refractivity contribution in [2.24, 2.45) is 0 Å². The largest absolute Gasteiger partial charge is 0.494 e. The van der Waals surface area contributed by atoms with Crippen LogP contribution >= 0.6 is 15.9 Å². The maximum Gasteiger partial charge on any atom is 0.216 e. The summed E-state index contributed by atoms with van der Waals surface area (Å²) in [6, 6.07) is 10.3. The van der Waals surface area contributed by atoms with Gasteiger partial charge in [-0.05, 0) is 43.2 Å². The lowest BCUT2D eigenvalue weighted by atomic mass is 10.2. The van der Waals surface area contributed by atoms with Crippen molar-refractivity contribution in [1.29, 1.82) is 0 Å². The number of ether oxygens (including phenoxy) is 1. The summed E-state index contributed by atoms with van der Waals surface area (Å²) in [4.78, 5) is 19.3. The number of anilines is 2. The number of fused-ring (bicyclic) bond motifs is 1. The van der Waals surface area contributed by atoms with Gasteiger partial charge in [0.05, 0.1) is 17.8 Å². The highest BCUT2D eigenvalue weighted by Crippen LogP contribution is 2.28. The van der Waals surface area contributed by atoms with Gasteiger partial charge in [0.25, 0.3) is 0 Å². The zero-order valence-electron chi connectivity index (χ0n) is 15.3. The monoisotopic (exact) mass is 446 g/mol. The van der Waals surface area contributed by atoms with Gasteiger partial charge < -0.3 is 15.4 Å². The number of carbonyl (C=O) groups excluding carboxylic acids is 1. The Kier molecular flexibility index (Phi) is 6.76. The summed E-state index contributed by atoms with van der Waals surface area (Å²) in [6.45, 7) is 2.69. The molecule has 1 aromatic heterocycles. The summed E-state index contributed by atoms with van der Waals surface area (Å²) in [7, 11) is 0. The number of carbonyl (C=O) groups is 1. The second-order valence-electron chi connectivity index (χ2n) is 6.19. The first-order chi connectivity index (χ1) is 13.5. The third-order valence-electron chi connectivity index (χ3n) is 4.01. The maximum absolute atomic E-state index is 14.1. The molecule has 0 fully saturated rings. The van der Waals surface area contributed by atoms with E-state index in [0.29, 0.717) is 40.4 Å². The molecule has 0 aliphatic heterocycles. The van der Waals surface area contributed by atoms with E-state index in [9.17, 15) is 9.18 Å². The highest BCUT2D eigenvalue weighted by molar-refractivity contribution is 9.10. The Morgan fingerprint density at radius 3 is 2.82 bits per heavy atom. The molecule has 6 nitrogen and oxygen atoms in total. The molecule has 0 saturated carbocycles. The number of benzene rings is 2. The highest BCUT2D eigenvalue weighted by Gasteiger charge is 2.09. The van der Waals surface area contributed by atoms with Crippen molar-refractivity contribution >= 4 is 44.2 Å². The van der Waals surface area contributed by atoms with Gasteiger partial charge in [-0.3, -0.25) is 4.79 Å². The number of unbranched alkanes of at least 4 members (excludes halogenated alkanes) is 1. The Morgan fingerprint density at radius 2 is 2.04 bits per heavy atom. The topological polar surface area (TPSA) is 76.1 Å². The van der Waals surface area contributed by atoms with Gasteiger partial charge in [0, 0.05) is 29.4 Å². The Bertz CT molecular complexity index is 984. The fourth-order valence-electron chi connectivity index (χ4n) is 2.63. The van der Waals surface area contributed by atoms with Crippen LogP contribution in [0.1, 0.15) is 19.8 Å². The number of nitrogens with zero attached hydrogens (tertiary/aromatic N) is 2. The molecule has 1 heterocycles. The summed E-state index contributed by atoms with van der Waals surface area (Å²) < 4.78 is 20.5. The first kappa shape index (κ1) is 20.0. The van der Waals surface area contributed by atoms with Gasteiger partial charge in [-0.2, -0.15) is 0 Å². The van der Waals surface area contributed by atoms with Crippen LogP contribution in [0, 0.1) is 5.82 Å². The van der Waals surface area contributed by atoms with Crippen LogP contribution in [0.25, 0.3) is 10.9 Å². The molecule has 8 heteroatoms. The van der Waals surface area contributed by atoms with Crippen molar-refractivity contribution in [2.75, 3.05) is 18.5 Å². The minimum atomic E-state index is -0.375. The zero-order chi connectivity index (χ0) is 19.9. The molecule has 0 unspecified atom stereocenters. The van der Waals surface area contributed by atoms with Gasteiger partial charge in [0.2, 0.25) is 5.91 Å². The van der Waals surface area contributed by atoms with Crippen molar-refractivity contribution in [3.05, 3.63) is 53.0 Å². The fourth-order valence-corrected chi connectivity index (χ4v) is 2.96. The Labute approximate surface area is 170 Å². The van der Waals surface area contributed by atoms with Crippen molar-refractivity contribution < 1.29 is 13.9 Å². The molecular weight excluding hydrogens is 427 g/mol. The lowest BCUT2D eigenvalue weighted by Crippen LogP contribution is -2.21. The molecule has 3 aromatic rings. The van der Waals surface area contributed by atoms with Gasteiger partial charge in [-0.25, -0.2) is 14.4 Å². The van der Waals surface area contributed by atoms with E-state index in [1.54, 1.807) is 12.1 Å². The van der Waals surface area contributed by atoms with E-state index in [1.165, 1.54) is 19.3 Å². The summed E-state index contributed by atoms with van der Waals surface area (Å²) in [6.07, 6.45) is 3.11. The van der Waals surface area contributed by atoms with E-state index in [2.05, 4.69) is 36.5 Å². The van der Waals surface area contributed by atoms with E-state index in [0.717, 1.165) is 18.2 Å². The average molecular weight is 447 g/mol. The van der Waals surface area contributed by atoms with Crippen molar-refractivity contribution in [2.45, 2.75) is 19.8 Å². The van der Waals surface area contributed by atoms with Gasteiger partial charge in [-0.1, -0.05) is 15.9 Å². The van der Waals surface area contributed by atoms with Gasteiger partial charge >= 0.3 is 0 Å². The normalized spacial score (nSPS) is 10.7. The summed E-state index contributed by atoms with van der Waals surface area (Å²) in [5, 5.41) is 6.54. The summed E-state index contributed by atoms with van der Waals surface area (Å²) >= 11 is 3.24. The van der Waals surface area contributed by atoms with E-state index < -0.39 is 0 Å². The Morgan fingerprint density at radius 1 is 1.18 bits per heavy atom. The van der Waals surface area contributed by atoms with Crippen LogP contribution in [0.5, 0.6) is 5.75 Å². The number of rotatable bonds is 8. The Balaban J connectivity index is 1.66. The van der Waals surface area contributed by atoms with Gasteiger partial charge in [0.1, 0.15) is 23.7 Å². The fraction of sp³-hybridized carbons (Fsp3) is 0.250. The SMILES string of the molecule is CC(=O)NCCCCOc1ccc2c(Nc3ccc(Br)cc3F)ncnc2c1. The average Bonchev–Trinajstić information content (AvgIpc) is 2.66. The third-order valence-corrected chi connectivity index (χ3v) is 4.50. The minimum absolute atomic E-state index is 0.0254. The first-order valence-corrected chi connectivity index (χ1v) is 9.66. The standard InChI is InChI=1S/C20H20BrFN4O2/c1-13(27)23-8-2-3-9-28-15-5-6-16-19(11-15)24-12-25-20(16)26-18-7-4-14(21)10-17(18)22/h4-7,10-12H,2-3,8-9H2,1H3,(H,23,27)(H,24,25,26). The van der Waals surface area contributed by atoms with E-state index in [-0.39, 0.29) is 11.7 Å². The van der Waals surface area contributed by atoms with Gasteiger partial charge in [-0.15, -0.1) is 0 Å². The maximum atomic E-state index is 14.1. The number of nitrogens with one attached hydrogen (secondary N) is 2. The number of halogens is 2. The van der Waals surface area contributed by atoms with Crippen LogP contribution in [-0.4, -0.2) is 29.0 Å². The molecule has 0 atom stereocenters. The van der Waals surface area contributed by atoms with Crippen LogP contribution < -0.4 is 15.4 Å². The van der Waals surface area contributed by atoms with Crippen molar-refractivity contribution in [1.82, 2.24) is 15.3 Å². The van der Waals surface area contributed by atoms with Gasteiger partial charge in [0.15, 0.2) is 0 Å². The van der Waals surface area contributed by atoms with Crippen LogP contribution in [0.4, 0.5) is 15.9 Å². The first-order valence-electron chi connectivity index (χ1n) is 8.87. The van der Waals surface area contributed by atoms with E-state index in [4.69, 9.17) is 4.74 Å². The molecule has 2 N–H and O–H groups in total. The van der Waals surface area contributed by atoms with Crippen molar-refractivity contribution in [3.63, 3.8) is 0 Å². The van der Waals surface area contributed by atoms with Crippen LogP contribution in [-0.2, 0) is 4.79 Å². The zero-order valence-corrected chi connectivity index (χ0v) is 16.9. The highest BCUT2D eigenvalue weighted by atomic mass is 79.9. The van der Waals surface area contributed by atoms with Crippen LogP contribution in [0.15, 0.2) is 47.2 Å². The summed E-state index contributed by atoms with van der Waals surface area (Å²) in [5.74, 6) is 0.822. The lowest BCUT2D eigenvalue weighted by molar-refractivity contribution is -0.118. The summed E-state index contributed by atoms with van der Waals surface area (Å²) in [5.41, 5.74) is 1.04. The second-order valence-corrected chi connectivity index (χ2v) is 7.10. The molecule has 0 aliphatic rings. The molecule has 0 spiro atoms. The minimum Gasteiger partial charge on any atom is -0.494 e. The molecule has 3 rings (SSSR count). The molecule has 2 aromatic carbocycles. The molecule has 28 heavy (non-hydrogen) atoms. The van der Waals surface area contributed by atoms with Crippen molar-refractivity contribution in [3.8, 4) is 5.75 Å². The number of aromatic nitrogens is 2. The molecule has 0 bridgehead atoms. The van der Waals surface area contributed by atoms with E-state index >= 15 is 0 Å². The second kappa shape index (κ2) is 9.45. The number of hydrogen-bond acceptors (Lipinski definition) is 5. The van der Waals surface area contributed by atoms with Crippen LogP contribution in [0.3, 0.4) is 0 Å². The molecule has 0 radical (unpaired) electrons. The van der Waals surface area contributed by atoms with E-state index in [1.807, 2.05) is 18.2 Å². The predicted octanol–water partition coefficient (Wildman–Crippen LogP) is 4.57. The number of hydrogen-bond donors (Lipinski definition) is 2. The molecular formula is C20H20BrFN4O2. The Hall–Kier alpha value is -2.74. The quantitative estimate of drug-likeness (QED) is 0.495. The predicted molar refractivity (Wildman–Crippen MR) is 110 cm³/mol. The van der Waals surface area contributed by atoms with Crippen LogP contribution in [0.2, 0.25) is 0 Å². The third kappa shape index (κ3) is 5.39. The molecule has 0 aliphatic carbocycles. The molecule has 1 amide bonds. The smallest absolute Gasteiger partial charge is 0.216 e.